The van der Waals surface area contributed by atoms with Crippen LogP contribution in [0.25, 0.3) is 0 Å². The van der Waals surface area contributed by atoms with Crippen molar-refractivity contribution in [3.63, 3.8) is 0 Å². The Bertz CT molecular complexity index is 317. The largest absolute Gasteiger partial charge is 0.368 e. The molecule has 0 saturated heterocycles. The van der Waals surface area contributed by atoms with Gasteiger partial charge in [-0.05, 0) is 54.8 Å². The predicted molar refractivity (Wildman–Crippen MR) is 69.7 cm³/mol. The van der Waals surface area contributed by atoms with Crippen molar-refractivity contribution >= 4 is 33.3 Å². The van der Waals surface area contributed by atoms with Gasteiger partial charge in [0.1, 0.15) is 5.82 Å². The first-order valence-corrected chi connectivity index (χ1v) is 6.42. The third-order valence-corrected chi connectivity index (χ3v) is 3.29. The molecule has 15 heavy (non-hydrogen) atoms. The molecule has 1 atom stereocenters. The quantitative estimate of drug-likeness (QED) is 0.830. The second-order valence-electron chi connectivity index (χ2n) is 3.64. The fraction of sp³-hybridized carbons (Fsp3) is 0.545. The number of nitrogens with zero attached hydrogens (tertiary/aromatic N) is 1. The van der Waals surface area contributed by atoms with Gasteiger partial charge < -0.3 is 5.32 Å². The highest BCUT2D eigenvalue weighted by atomic mass is 79.9. The van der Waals surface area contributed by atoms with Crippen LogP contribution < -0.4 is 5.32 Å². The van der Waals surface area contributed by atoms with Crippen molar-refractivity contribution in [1.82, 2.24) is 4.98 Å². The van der Waals surface area contributed by atoms with Crippen LogP contribution in [-0.2, 0) is 0 Å². The topological polar surface area (TPSA) is 24.9 Å². The summed E-state index contributed by atoms with van der Waals surface area (Å²) in [6, 6.07) is 4.41. The molecule has 1 rings (SSSR count). The molecule has 0 aliphatic rings. The summed E-state index contributed by atoms with van der Waals surface area (Å²) in [4.78, 5) is 4.43. The van der Waals surface area contributed by atoms with Crippen LogP contribution in [0.2, 0.25) is 0 Å². The molecule has 0 aliphatic carbocycles. The molecule has 0 radical (unpaired) electrons. The van der Waals surface area contributed by atoms with Gasteiger partial charge >= 0.3 is 0 Å². The lowest BCUT2D eigenvalue weighted by atomic mass is 10.2. The average molecular weight is 292 g/mol. The van der Waals surface area contributed by atoms with Crippen LogP contribution in [0.1, 0.15) is 25.5 Å². The van der Waals surface area contributed by atoms with Gasteiger partial charge in [0, 0.05) is 16.4 Å². The minimum absolute atomic E-state index is 0.414. The van der Waals surface area contributed by atoms with Crippen molar-refractivity contribution in [2.75, 3.05) is 11.2 Å². The molecule has 84 valence electrons. The number of hydrogen-bond acceptors (Lipinski definition) is 2. The van der Waals surface area contributed by atoms with Crippen LogP contribution in [0, 0.1) is 6.92 Å². The van der Waals surface area contributed by atoms with E-state index >= 15 is 0 Å². The standard InChI is InChI=1S/C11H16BrClN2/c1-8(4-3-7-13)14-11-6-5-10(12)9(2)15-11/h5-6,8H,3-4,7H2,1-2H3,(H,14,15). The minimum Gasteiger partial charge on any atom is -0.368 e. The molecule has 1 N–H and O–H groups in total. The molecular weight excluding hydrogens is 275 g/mol. The predicted octanol–water partition coefficient (Wildman–Crippen LogP) is 3.97. The minimum atomic E-state index is 0.414. The molecular formula is C11H16BrClN2. The maximum absolute atomic E-state index is 5.64. The number of halogens is 2. The van der Waals surface area contributed by atoms with Gasteiger partial charge in [-0.25, -0.2) is 4.98 Å². The summed E-state index contributed by atoms with van der Waals surface area (Å²) in [5, 5.41) is 3.35. The molecule has 0 aromatic carbocycles. The van der Waals surface area contributed by atoms with E-state index in [2.05, 4.69) is 33.2 Å². The molecule has 2 nitrogen and oxygen atoms in total. The van der Waals surface area contributed by atoms with E-state index in [1.807, 2.05) is 19.1 Å². The molecule has 1 unspecified atom stereocenters. The van der Waals surface area contributed by atoms with Crippen molar-refractivity contribution in [3.8, 4) is 0 Å². The zero-order valence-corrected chi connectivity index (χ0v) is 11.4. The maximum atomic E-state index is 5.64. The molecule has 0 saturated carbocycles. The SMILES string of the molecule is Cc1nc(NC(C)CCCCl)ccc1Br. The summed E-state index contributed by atoms with van der Waals surface area (Å²) in [5.41, 5.74) is 1.00. The van der Waals surface area contributed by atoms with Gasteiger partial charge in [-0.1, -0.05) is 0 Å². The maximum Gasteiger partial charge on any atom is 0.126 e. The normalized spacial score (nSPS) is 12.5. The van der Waals surface area contributed by atoms with Gasteiger partial charge in [0.2, 0.25) is 0 Å². The van der Waals surface area contributed by atoms with Crippen LogP contribution >= 0.6 is 27.5 Å². The Morgan fingerprint density at radius 3 is 2.87 bits per heavy atom. The van der Waals surface area contributed by atoms with Crippen molar-refractivity contribution in [3.05, 3.63) is 22.3 Å². The second kappa shape index (κ2) is 6.33. The van der Waals surface area contributed by atoms with Crippen LogP contribution in [0.3, 0.4) is 0 Å². The summed E-state index contributed by atoms with van der Waals surface area (Å²) >= 11 is 9.07. The molecule has 1 heterocycles. The summed E-state index contributed by atoms with van der Waals surface area (Å²) in [5.74, 6) is 1.65. The molecule has 0 bridgehead atoms. The average Bonchev–Trinajstić information content (AvgIpc) is 2.20. The molecule has 0 spiro atoms. The van der Waals surface area contributed by atoms with Crippen LogP contribution in [-0.4, -0.2) is 16.9 Å². The third kappa shape index (κ3) is 4.39. The van der Waals surface area contributed by atoms with Crippen molar-refractivity contribution in [2.45, 2.75) is 32.7 Å². The lowest BCUT2D eigenvalue weighted by molar-refractivity contribution is 0.690. The highest BCUT2D eigenvalue weighted by molar-refractivity contribution is 9.10. The number of aromatic nitrogens is 1. The van der Waals surface area contributed by atoms with Crippen LogP contribution in [0.15, 0.2) is 16.6 Å². The van der Waals surface area contributed by atoms with E-state index in [1.165, 1.54) is 0 Å². The van der Waals surface area contributed by atoms with Crippen LogP contribution in [0.4, 0.5) is 5.82 Å². The first-order chi connectivity index (χ1) is 7.13. The number of aryl methyl sites for hydroxylation is 1. The Labute approximate surface area is 105 Å². The Morgan fingerprint density at radius 1 is 1.53 bits per heavy atom. The molecule has 0 fully saturated rings. The Kier molecular flexibility index (Phi) is 5.40. The number of hydrogen-bond donors (Lipinski definition) is 1. The summed E-state index contributed by atoms with van der Waals surface area (Å²) in [7, 11) is 0. The number of anilines is 1. The highest BCUT2D eigenvalue weighted by Gasteiger charge is 2.03. The number of alkyl halides is 1. The van der Waals surface area contributed by atoms with E-state index in [4.69, 9.17) is 11.6 Å². The fourth-order valence-electron chi connectivity index (χ4n) is 1.33. The zero-order chi connectivity index (χ0) is 11.3. The molecule has 1 aromatic heterocycles. The highest BCUT2D eigenvalue weighted by Crippen LogP contribution is 2.17. The number of rotatable bonds is 5. The molecule has 0 amide bonds. The van der Waals surface area contributed by atoms with Gasteiger partial charge in [-0.2, -0.15) is 0 Å². The first kappa shape index (κ1) is 12.8. The fourth-order valence-corrected chi connectivity index (χ4v) is 1.71. The summed E-state index contributed by atoms with van der Waals surface area (Å²) in [6.45, 7) is 4.13. The lowest BCUT2D eigenvalue weighted by Crippen LogP contribution is -2.16. The lowest BCUT2D eigenvalue weighted by Gasteiger charge is -2.14. The first-order valence-electron chi connectivity index (χ1n) is 5.09. The van der Waals surface area contributed by atoms with E-state index < -0.39 is 0 Å². The van der Waals surface area contributed by atoms with Crippen molar-refractivity contribution in [2.24, 2.45) is 0 Å². The van der Waals surface area contributed by atoms with Gasteiger partial charge in [-0.3, -0.25) is 0 Å². The van der Waals surface area contributed by atoms with E-state index in [0.29, 0.717) is 6.04 Å². The summed E-state index contributed by atoms with van der Waals surface area (Å²) < 4.78 is 1.04. The third-order valence-electron chi connectivity index (χ3n) is 2.19. The van der Waals surface area contributed by atoms with Crippen molar-refractivity contribution in [1.29, 1.82) is 0 Å². The Hall–Kier alpha value is -0.280. The Morgan fingerprint density at radius 2 is 2.27 bits per heavy atom. The van der Waals surface area contributed by atoms with Gasteiger partial charge in [0.05, 0.1) is 5.69 Å². The van der Waals surface area contributed by atoms with E-state index in [0.717, 1.165) is 34.7 Å². The molecule has 1 aromatic rings. The van der Waals surface area contributed by atoms with Gasteiger partial charge in [0.25, 0.3) is 0 Å². The number of nitrogens with one attached hydrogen (secondary N) is 1. The van der Waals surface area contributed by atoms with E-state index in [1.54, 1.807) is 0 Å². The van der Waals surface area contributed by atoms with Gasteiger partial charge in [0.15, 0.2) is 0 Å². The van der Waals surface area contributed by atoms with Crippen LogP contribution in [0.5, 0.6) is 0 Å². The second-order valence-corrected chi connectivity index (χ2v) is 4.87. The zero-order valence-electron chi connectivity index (χ0n) is 9.06. The molecule has 4 heteroatoms. The summed E-state index contributed by atoms with van der Waals surface area (Å²) in [6.07, 6.45) is 2.10. The van der Waals surface area contributed by atoms with E-state index in [9.17, 15) is 0 Å². The molecule has 0 aliphatic heterocycles. The smallest absolute Gasteiger partial charge is 0.126 e. The van der Waals surface area contributed by atoms with E-state index in [-0.39, 0.29) is 0 Å². The number of pyridine rings is 1. The Balaban J connectivity index is 2.53. The van der Waals surface area contributed by atoms with Gasteiger partial charge in [-0.15, -0.1) is 11.6 Å². The monoisotopic (exact) mass is 290 g/mol. The van der Waals surface area contributed by atoms with Crippen molar-refractivity contribution < 1.29 is 0 Å².